The summed E-state index contributed by atoms with van der Waals surface area (Å²) >= 11 is 0. The molecule has 5 aromatic rings. The number of para-hydroxylation sites is 1. The van der Waals surface area contributed by atoms with Crippen molar-refractivity contribution in [2.45, 2.75) is 26.2 Å². The van der Waals surface area contributed by atoms with E-state index in [1.165, 1.54) is 28.8 Å². The third kappa shape index (κ3) is 3.43. The van der Waals surface area contributed by atoms with Gasteiger partial charge < -0.3 is 4.57 Å². The third-order valence-electron chi connectivity index (χ3n) is 6.21. The molecule has 5 rings (SSSR count). The summed E-state index contributed by atoms with van der Waals surface area (Å²) in [6.45, 7) is 6.39. The minimum atomic E-state index is -0.488. The molecule has 0 unspecified atom stereocenters. The molecule has 3 aromatic carbocycles. The molecule has 0 amide bonds. The van der Waals surface area contributed by atoms with Gasteiger partial charge in [0, 0.05) is 18.0 Å². The second-order valence-electron chi connectivity index (χ2n) is 9.48. The summed E-state index contributed by atoms with van der Waals surface area (Å²) < 4.78 is 16.8. The summed E-state index contributed by atoms with van der Waals surface area (Å²) in [4.78, 5) is 32.1. The molecule has 0 radical (unpaired) electrons. The van der Waals surface area contributed by atoms with E-state index in [1.807, 2.05) is 36.4 Å². The SMILES string of the molecule is Cn1c2ccccc2c(=O)c2c(=O)n(-c3ccc(F)cc3)c(-c3ccc(C(C)(C)C)cc3)nc21. The minimum absolute atomic E-state index is 0.000543. The maximum Gasteiger partial charge on any atom is 0.271 e. The Morgan fingerprint density at radius 2 is 1.50 bits per heavy atom. The fourth-order valence-corrected chi connectivity index (χ4v) is 4.30. The Hall–Kier alpha value is -4.06. The normalized spacial score (nSPS) is 11.9. The van der Waals surface area contributed by atoms with Gasteiger partial charge in [-0.15, -0.1) is 0 Å². The van der Waals surface area contributed by atoms with Gasteiger partial charge >= 0.3 is 0 Å². The molecule has 0 saturated heterocycles. The van der Waals surface area contributed by atoms with Crippen LogP contribution < -0.4 is 11.0 Å². The first-order valence-electron chi connectivity index (χ1n) is 11.1. The molecule has 5 nitrogen and oxygen atoms in total. The average Bonchev–Trinajstić information content (AvgIpc) is 2.82. The van der Waals surface area contributed by atoms with Gasteiger partial charge in [0.1, 0.15) is 17.0 Å². The molecule has 34 heavy (non-hydrogen) atoms. The molecule has 2 aromatic heterocycles. The zero-order valence-electron chi connectivity index (χ0n) is 19.5. The topological polar surface area (TPSA) is 56.9 Å². The molecule has 0 spiro atoms. The highest BCUT2D eigenvalue weighted by atomic mass is 19.1. The predicted molar refractivity (Wildman–Crippen MR) is 134 cm³/mol. The van der Waals surface area contributed by atoms with Crippen LogP contribution in [0.25, 0.3) is 39.0 Å². The summed E-state index contributed by atoms with van der Waals surface area (Å²) in [7, 11) is 1.80. The first kappa shape index (κ1) is 21.8. The van der Waals surface area contributed by atoms with Gasteiger partial charge in [-0.25, -0.2) is 9.37 Å². The zero-order chi connectivity index (χ0) is 24.2. The second-order valence-corrected chi connectivity index (χ2v) is 9.48. The van der Waals surface area contributed by atoms with E-state index in [-0.39, 0.29) is 16.2 Å². The number of aryl methyl sites for hydroxylation is 1. The van der Waals surface area contributed by atoms with Crippen molar-refractivity contribution in [1.29, 1.82) is 0 Å². The van der Waals surface area contributed by atoms with E-state index >= 15 is 0 Å². The first-order chi connectivity index (χ1) is 16.2. The lowest BCUT2D eigenvalue weighted by Gasteiger charge is -2.20. The summed E-state index contributed by atoms with van der Waals surface area (Å²) in [5, 5.41) is 0.449. The summed E-state index contributed by atoms with van der Waals surface area (Å²) in [6, 6.07) is 20.6. The fraction of sp³-hybridized carbons (Fsp3) is 0.179. The van der Waals surface area contributed by atoms with Crippen LogP contribution in [0.3, 0.4) is 0 Å². The van der Waals surface area contributed by atoms with Crippen LogP contribution in [0.2, 0.25) is 0 Å². The number of fused-ring (bicyclic) bond motifs is 2. The van der Waals surface area contributed by atoms with Crippen LogP contribution >= 0.6 is 0 Å². The Balaban J connectivity index is 1.92. The van der Waals surface area contributed by atoms with Crippen molar-refractivity contribution in [3.8, 4) is 17.1 Å². The molecule has 0 aliphatic heterocycles. The van der Waals surface area contributed by atoms with Crippen molar-refractivity contribution >= 4 is 21.9 Å². The maximum absolute atomic E-state index is 13.9. The van der Waals surface area contributed by atoms with Crippen molar-refractivity contribution in [3.63, 3.8) is 0 Å². The van der Waals surface area contributed by atoms with E-state index in [2.05, 4.69) is 20.8 Å². The Morgan fingerprint density at radius 3 is 2.15 bits per heavy atom. The molecular formula is C28H24FN3O2. The first-order valence-corrected chi connectivity index (χ1v) is 11.1. The predicted octanol–water partition coefficient (Wildman–Crippen LogP) is 5.34. The van der Waals surface area contributed by atoms with Crippen LogP contribution in [0.1, 0.15) is 26.3 Å². The molecule has 170 valence electrons. The highest BCUT2D eigenvalue weighted by Gasteiger charge is 2.21. The van der Waals surface area contributed by atoms with Gasteiger partial charge in [-0.05, 0) is 47.4 Å². The monoisotopic (exact) mass is 453 g/mol. The van der Waals surface area contributed by atoms with E-state index < -0.39 is 11.4 Å². The third-order valence-corrected chi connectivity index (χ3v) is 6.21. The Morgan fingerprint density at radius 1 is 0.853 bits per heavy atom. The second kappa shape index (κ2) is 7.76. The highest BCUT2D eigenvalue weighted by Crippen LogP contribution is 2.27. The number of halogens is 1. The van der Waals surface area contributed by atoms with E-state index in [9.17, 15) is 14.0 Å². The van der Waals surface area contributed by atoms with Crippen molar-refractivity contribution in [2.75, 3.05) is 0 Å². The van der Waals surface area contributed by atoms with Gasteiger partial charge in [0.05, 0.1) is 11.2 Å². The summed E-state index contributed by atoms with van der Waals surface area (Å²) in [5.74, 6) is -0.0293. The molecule has 0 saturated carbocycles. The van der Waals surface area contributed by atoms with Crippen molar-refractivity contribution in [3.05, 3.63) is 105 Å². The van der Waals surface area contributed by atoms with E-state index in [4.69, 9.17) is 4.98 Å². The number of aromatic nitrogens is 3. The molecule has 0 fully saturated rings. The van der Waals surface area contributed by atoms with E-state index in [1.54, 1.807) is 23.7 Å². The van der Waals surface area contributed by atoms with Crippen LogP contribution in [0.5, 0.6) is 0 Å². The number of rotatable bonds is 2. The lowest BCUT2D eigenvalue weighted by Crippen LogP contribution is -2.28. The molecule has 0 aliphatic carbocycles. The molecule has 6 heteroatoms. The molecule has 0 atom stereocenters. The largest absolute Gasteiger partial charge is 0.328 e. The number of nitrogens with zero attached hydrogens (tertiary/aromatic N) is 3. The van der Waals surface area contributed by atoms with Gasteiger partial charge in [0.15, 0.2) is 5.65 Å². The smallest absolute Gasteiger partial charge is 0.271 e. The summed E-state index contributed by atoms with van der Waals surface area (Å²) in [5.41, 5.74) is 2.41. The van der Waals surface area contributed by atoms with E-state index in [0.717, 1.165) is 11.1 Å². The van der Waals surface area contributed by atoms with Crippen LogP contribution in [-0.4, -0.2) is 14.1 Å². The van der Waals surface area contributed by atoms with Gasteiger partial charge in [-0.1, -0.05) is 57.2 Å². The highest BCUT2D eigenvalue weighted by molar-refractivity contribution is 5.92. The Labute approximate surface area is 195 Å². The minimum Gasteiger partial charge on any atom is -0.328 e. The lowest BCUT2D eigenvalue weighted by molar-refractivity contribution is 0.590. The summed E-state index contributed by atoms with van der Waals surface area (Å²) in [6.07, 6.45) is 0. The van der Waals surface area contributed by atoms with Crippen molar-refractivity contribution in [2.24, 2.45) is 7.05 Å². The molecule has 0 bridgehead atoms. The van der Waals surface area contributed by atoms with Crippen molar-refractivity contribution in [1.82, 2.24) is 14.1 Å². The molecule has 0 N–H and O–H groups in total. The fourth-order valence-electron chi connectivity index (χ4n) is 4.30. The lowest BCUT2D eigenvalue weighted by atomic mass is 9.86. The zero-order valence-corrected chi connectivity index (χ0v) is 19.5. The van der Waals surface area contributed by atoms with Gasteiger partial charge in [0.25, 0.3) is 5.56 Å². The molecule has 2 heterocycles. The number of hydrogen-bond acceptors (Lipinski definition) is 3. The van der Waals surface area contributed by atoms with Gasteiger partial charge in [-0.2, -0.15) is 0 Å². The molecule has 0 aliphatic rings. The molecular weight excluding hydrogens is 429 g/mol. The maximum atomic E-state index is 13.9. The van der Waals surface area contributed by atoms with Crippen LogP contribution in [0.15, 0.2) is 82.4 Å². The Kier molecular flexibility index (Phi) is 4.97. The standard InChI is InChI=1S/C28H24FN3O2/c1-28(2,3)18-11-9-17(10-12-18)25-30-26-23(24(33)21-7-5-6-8-22(21)31(26)4)27(34)32(25)20-15-13-19(29)14-16-20/h5-16H,1-4H3. The van der Waals surface area contributed by atoms with Crippen LogP contribution in [0.4, 0.5) is 4.39 Å². The number of pyridine rings is 1. The van der Waals surface area contributed by atoms with Crippen molar-refractivity contribution < 1.29 is 4.39 Å². The van der Waals surface area contributed by atoms with Crippen LogP contribution in [0, 0.1) is 5.82 Å². The average molecular weight is 454 g/mol. The number of benzene rings is 3. The quantitative estimate of drug-likeness (QED) is 0.339. The van der Waals surface area contributed by atoms with E-state index in [0.29, 0.717) is 28.1 Å². The van der Waals surface area contributed by atoms with Crippen LogP contribution in [-0.2, 0) is 12.5 Å². The number of hydrogen-bond donors (Lipinski definition) is 0. The van der Waals surface area contributed by atoms with Gasteiger partial charge in [0.2, 0.25) is 5.43 Å². The Bertz CT molecular complexity index is 1670. The van der Waals surface area contributed by atoms with Gasteiger partial charge in [-0.3, -0.25) is 14.2 Å².